The summed E-state index contributed by atoms with van der Waals surface area (Å²) < 4.78 is 30.5. The van der Waals surface area contributed by atoms with Gasteiger partial charge in [0.05, 0.1) is 17.2 Å². The molecule has 1 rings (SSSR count). The lowest BCUT2D eigenvalue weighted by Gasteiger charge is -2.04. The Labute approximate surface area is 83.9 Å². The molecule has 1 amide bonds. The Balaban J connectivity index is 2.99. The molecule has 0 aromatic heterocycles. The molecule has 0 radical (unpaired) electrons. The number of hydrogen-bond donors (Lipinski definition) is 1. The van der Waals surface area contributed by atoms with Crippen LogP contribution in [0.3, 0.4) is 0 Å². The van der Waals surface area contributed by atoms with Crippen LogP contribution in [0.5, 0.6) is 0 Å². The maximum absolute atomic E-state index is 13.1. The molecule has 2 N–H and O–H groups in total. The lowest BCUT2D eigenvalue weighted by molar-refractivity contribution is 0.147. The van der Waals surface area contributed by atoms with Crippen LogP contribution in [0, 0.1) is 23.0 Å². The van der Waals surface area contributed by atoms with E-state index in [0.29, 0.717) is 0 Å². The van der Waals surface area contributed by atoms with E-state index in [1.165, 1.54) is 0 Å². The average Bonchev–Trinajstić information content (AvgIpc) is 2.15. The van der Waals surface area contributed by atoms with Gasteiger partial charge < -0.3 is 10.5 Å². The number of carbonyl (C=O) groups excluding carboxylic acids is 1. The third-order valence-corrected chi connectivity index (χ3v) is 1.63. The SMILES string of the molecule is N#Cc1cc(F)c(COC(N)=O)c(F)c1. The Bertz CT molecular complexity index is 417. The lowest BCUT2D eigenvalue weighted by Crippen LogP contribution is -2.14. The highest BCUT2D eigenvalue weighted by Crippen LogP contribution is 2.15. The van der Waals surface area contributed by atoms with Crippen molar-refractivity contribution >= 4 is 6.09 Å². The molecule has 0 saturated heterocycles. The molecule has 0 spiro atoms. The molecule has 1 aromatic carbocycles. The summed E-state index contributed by atoms with van der Waals surface area (Å²) in [5.41, 5.74) is 4.06. The van der Waals surface area contributed by atoms with E-state index in [1.54, 1.807) is 6.07 Å². The molecule has 0 atom stereocenters. The number of nitrogens with two attached hydrogens (primary N) is 1. The fraction of sp³-hybridized carbons (Fsp3) is 0.111. The molecule has 15 heavy (non-hydrogen) atoms. The fourth-order valence-electron chi connectivity index (χ4n) is 0.949. The van der Waals surface area contributed by atoms with Gasteiger partial charge in [-0.15, -0.1) is 0 Å². The molecule has 0 aliphatic heterocycles. The Hall–Kier alpha value is -2.16. The monoisotopic (exact) mass is 212 g/mol. The van der Waals surface area contributed by atoms with Crippen molar-refractivity contribution in [2.75, 3.05) is 0 Å². The highest BCUT2D eigenvalue weighted by molar-refractivity contribution is 5.64. The molecule has 1 aromatic rings. The molecule has 4 nitrogen and oxygen atoms in total. The van der Waals surface area contributed by atoms with E-state index in [4.69, 9.17) is 5.26 Å². The topological polar surface area (TPSA) is 76.1 Å². The molecular formula is C9H6F2N2O2. The maximum atomic E-state index is 13.1. The zero-order valence-corrected chi connectivity index (χ0v) is 7.46. The third-order valence-electron chi connectivity index (χ3n) is 1.63. The van der Waals surface area contributed by atoms with Gasteiger partial charge in [-0.1, -0.05) is 0 Å². The Kier molecular flexibility index (Phi) is 3.18. The smallest absolute Gasteiger partial charge is 0.404 e. The molecule has 0 aliphatic rings. The second kappa shape index (κ2) is 4.37. The zero-order valence-electron chi connectivity index (χ0n) is 7.46. The van der Waals surface area contributed by atoms with E-state index in [2.05, 4.69) is 10.5 Å². The van der Waals surface area contributed by atoms with Crippen LogP contribution in [0.15, 0.2) is 12.1 Å². The van der Waals surface area contributed by atoms with E-state index in [9.17, 15) is 13.6 Å². The van der Waals surface area contributed by atoms with E-state index in [-0.39, 0.29) is 5.56 Å². The molecule has 0 unspecified atom stereocenters. The number of carbonyl (C=O) groups is 1. The van der Waals surface area contributed by atoms with Gasteiger partial charge in [0, 0.05) is 0 Å². The Morgan fingerprint density at radius 3 is 2.40 bits per heavy atom. The number of nitriles is 1. The van der Waals surface area contributed by atoms with Crippen LogP contribution in [0.25, 0.3) is 0 Å². The molecule has 78 valence electrons. The standard InChI is InChI=1S/C9H6F2N2O2/c10-7-1-5(3-12)2-8(11)6(7)4-15-9(13)14/h1-2H,4H2,(H2,13,14). The number of amides is 1. The van der Waals surface area contributed by atoms with Crippen molar-refractivity contribution in [2.24, 2.45) is 5.73 Å². The molecule has 0 bridgehead atoms. The van der Waals surface area contributed by atoms with Crippen molar-refractivity contribution in [2.45, 2.75) is 6.61 Å². The number of hydrogen-bond acceptors (Lipinski definition) is 3. The number of benzene rings is 1. The minimum absolute atomic E-state index is 0.146. The largest absolute Gasteiger partial charge is 0.445 e. The summed E-state index contributed by atoms with van der Waals surface area (Å²) in [6.45, 7) is -0.599. The Morgan fingerprint density at radius 2 is 2.00 bits per heavy atom. The first-order valence-corrected chi connectivity index (χ1v) is 3.85. The molecule has 0 saturated carbocycles. The van der Waals surface area contributed by atoms with Crippen LogP contribution in [-0.2, 0) is 11.3 Å². The van der Waals surface area contributed by atoms with Crippen molar-refractivity contribution in [3.8, 4) is 6.07 Å². The summed E-state index contributed by atoms with van der Waals surface area (Å²) in [4.78, 5) is 10.2. The lowest BCUT2D eigenvalue weighted by atomic mass is 10.1. The minimum atomic E-state index is -1.13. The first kappa shape index (κ1) is 10.9. The summed E-state index contributed by atoms with van der Waals surface area (Å²) >= 11 is 0. The van der Waals surface area contributed by atoms with Gasteiger partial charge in [0.25, 0.3) is 0 Å². The van der Waals surface area contributed by atoms with Gasteiger partial charge in [-0.3, -0.25) is 0 Å². The molecule has 0 aliphatic carbocycles. The number of ether oxygens (including phenoxy) is 1. The molecule has 0 heterocycles. The van der Waals surface area contributed by atoms with E-state index in [1.807, 2.05) is 0 Å². The first-order valence-electron chi connectivity index (χ1n) is 3.85. The summed E-state index contributed by atoms with van der Waals surface area (Å²) in [6.07, 6.45) is -1.13. The summed E-state index contributed by atoms with van der Waals surface area (Å²) in [5.74, 6) is -1.90. The summed E-state index contributed by atoms with van der Waals surface area (Å²) in [6, 6.07) is 3.29. The number of halogens is 2. The molecular weight excluding hydrogens is 206 g/mol. The summed E-state index contributed by atoms with van der Waals surface area (Å²) in [7, 11) is 0. The van der Waals surface area contributed by atoms with E-state index < -0.39 is 29.9 Å². The number of nitrogens with zero attached hydrogens (tertiary/aromatic N) is 1. The van der Waals surface area contributed by atoms with Crippen LogP contribution >= 0.6 is 0 Å². The van der Waals surface area contributed by atoms with Crippen molar-refractivity contribution < 1.29 is 18.3 Å². The zero-order chi connectivity index (χ0) is 11.4. The van der Waals surface area contributed by atoms with E-state index in [0.717, 1.165) is 12.1 Å². The van der Waals surface area contributed by atoms with Crippen molar-refractivity contribution in [3.05, 3.63) is 34.9 Å². The maximum Gasteiger partial charge on any atom is 0.404 e. The van der Waals surface area contributed by atoms with Crippen LogP contribution in [-0.4, -0.2) is 6.09 Å². The average molecular weight is 212 g/mol. The highest BCUT2D eigenvalue weighted by atomic mass is 19.1. The normalized spacial score (nSPS) is 9.40. The van der Waals surface area contributed by atoms with Crippen LogP contribution in [0.4, 0.5) is 13.6 Å². The summed E-state index contributed by atoms with van der Waals surface area (Å²) in [5, 5.41) is 8.41. The predicted octanol–water partition coefficient (Wildman–Crippen LogP) is 1.43. The van der Waals surface area contributed by atoms with Gasteiger partial charge in [-0.05, 0) is 12.1 Å². The third kappa shape index (κ3) is 2.64. The van der Waals surface area contributed by atoms with Gasteiger partial charge in [0.15, 0.2) is 0 Å². The van der Waals surface area contributed by atoms with Gasteiger partial charge >= 0.3 is 6.09 Å². The van der Waals surface area contributed by atoms with Gasteiger partial charge in [-0.25, -0.2) is 13.6 Å². The van der Waals surface area contributed by atoms with Gasteiger partial charge in [0.1, 0.15) is 18.2 Å². The van der Waals surface area contributed by atoms with Gasteiger partial charge in [-0.2, -0.15) is 5.26 Å². The number of rotatable bonds is 2. The first-order chi connectivity index (χ1) is 7.04. The van der Waals surface area contributed by atoms with Crippen molar-refractivity contribution in [3.63, 3.8) is 0 Å². The quantitative estimate of drug-likeness (QED) is 0.805. The number of primary amides is 1. The van der Waals surface area contributed by atoms with Crippen molar-refractivity contribution in [1.82, 2.24) is 0 Å². The van der Waals surface area contributed by atoms with Crippen LogP contribution in [0.2, 0.25) is 0 Å². The molecule has 6 heteroatoms. The van der Waals surface area contributed by atoms with Crippen LogP contribution < -0.4 is 5.73 Å². The highest BCUT2D eigenvalue weighted by Gasteiger charge is 2.12. The predicted molar refractivity (Wildman–Crippen MR) is 45.4 cm³/mol. The van der Waals surface area contributed by atoms with Crippen molar-refractivity contribution in [1.29, 1.82) is 5.26 Å². The Morgan fingerprint density at radius 1 is 1.47 bits per heavy atom. The van der Waals surface area contributed by atoms with E-state index >= 15 is 0 Å². The van der Waals surface area contributed by atoms with Crippen LogP contribution in [0.1, 0.15) is 11.1 Å². The molecule has 0 fully saturated rings. The fourth-order valence-corrected chi connectivity index (χ4v) is 0.949. The van der Waals surface area contributed by atoms with Gasteiger partial charge in [0.2, 0.25) is 0 Å². The second-order valence-electron chi connectivity index (χ2n) is 2.64. The second-order valence-corrected chi connectivity index (χ2v) is 2.64. The minimum Gasteiger partial charge on any atom is -0.445 e.